The van der Waals surface area contributed by atoms with Gasteiger partial charge in [-0.15, -0.1) is 0 Å². The first-order chi connectivity index (χ1) is 10.0. The summed E-state index contributed by atoms with van der Waals surface area (Å²) in [6.07, 6.45) is -1.33. The molecule has 0 aromatic carbocycles. The Labute approximate surface area is 120 Å². The minimum Gasteiger partial charge on any atom is -0.394 e. The first kappa shape index (κ1) is 14.4. The van der Waals surface area contributed by atoms with Crippen molar-refractivity contribution in [2.24, 2.45) is 16.5 Å². The number of aliphatic imine (C=N–C) groups is 1. The lowest BCUT2D eigenvalue weighted by Gasteiger charge is -2.27. The molecule has 2 aliphatic heterocycles. The molecular formula is C11H18N6O4. The fourth-order valence-corrected chi connectivity index (χ4v) is 2.54. The summed E-state index contributed by atoms with van der Waals surface area (Å²) in [7, 11) is 0. The molecule has 2 aliphatic rings. The van der Waals surface area contributed by atoms with Gasteiger partial charge in [-0.25, -0.2) is 9.98 Å². The number of aromatic nitrogens is 2. The summed E-state index contributed by atoms with van der Waals surface area (Å²) < 4.78 is 6.97. The zero-order chi connectivity index (χ0) is 15.2. The summed E-state index contributed by atoms with van der Waals surface area (Å²) >= 11 is 0. The van der Waals surface area contributed by atoms with Gasteiger partial charge in [0.25, 0.3) is 0 Å². The Bertz CT molecular complexity index is 563. The molecule has 10 nitrogen and oxygen atoms in total. The van der Waals surface area contributed by atoms with E-state index in [-0.39, 0.29) is 6.54 Å². The van der Waals surface area contributed by atoms with Crippen LogP contribution < -0.4 is 16.8 Å². The number of hydrogen-bond donors (Lipinski definition) is 6. The summed E-state index contributed by atoms with van der Waals surface area (Å²) in [6.45, 7) is -0.338. The molecule has 10 heteroatoms. The van der Waals surface area contributed by atoms with Crippen LogP contribution in [0.4, 0.5) is 5.82 Å². The van der Waals surface area contributed by atoms with Crippen molar-refractivity contribution >= 4 is 12.2 Å². The number of rotatable bonds is 3. The highest BCUT2D eigenvalue weighted by molar-refractivity contribution is 5.78. The smallest absolute Gasteiger partial charge is 0.168 e. The average Bonchev–Trinajstić information content (AvgIpc) is 3.03. The Morgan fingerprint density at radius 1 is 1.43 bits per heavy atom. The van der Waals surface area contributed by atoms with Gasteiger partial charge in [0.15, 0.2) is 11.9 Å². The zero-order valence-corrected chi connectivity index (χ0v) is 11.1. The number of nitrogens with one attached hydrogen (secondary N) is 1. The van der Waals surface area contributed by atoms with Crippen molar-refractivity contribution in [2.75, 3.05) is 18.5 Å². The number of nitrogens with zero attached hydrogens (tertiary/aromatic N) is 3. The first-order valence-electron chi connectivity index (χ1n) is 6.51. The second kappa shape index (κ2) is 5.02. The molecule has 116 valence electrons. The lowest BCUT2D eigenvalue weighted by molar-refractivity contribution is -0.0518. The van der Waals surface area contributed by atoms with E-state index < -0.39 is 36.8 Å². The Morgan fingerprint density at radius 3 is 2.81 bits per heavy atom. The van der Waals surface area contributed by atoms with Gasteiger partial charge in [-0.1, -0.05) is 0 Å². The van der Waals surface area contributed by atoms with Gasteiger partial charge in [0.05, 0.1) is 19.3 Å². The van der Waals surface area contributed by atoms with E-state index in [9.17, 15) is 10.2 Å². The number of anilines is 1. The number of fused-ring (bicyclic) bond motifs is 1. The van der Waals surface area contributed by atoms with E-state index in [4.69, 9.17) is 21.3 Å². The summed E-state index contributed by atoms with van der Waals surface area (Å²) in [5.74, 6) is 0.479. The minimum atomic E-state index is -1.20. The third-order valence-corrected chi connectivity index (χ3v) is 3.80. The maximum Gasteiger partial charge on any atom is 0.168 e. The largest absolute Gasteiger partial charge is 0.394 e. The third kappa shape index (κ3) is 2.04. The van der Waals surface area contributed by atoms with Crippen molar-refractivity contribution in [2.45, 2.75) is 30.2 Å². The van der Waals surface area contributed by atoms with E-state index in [0.717, 1.165) is 0 Å². The summed E-state index contributed by atoms with van der Waals surface area (Å²) in [6, 6.07) is 0. The van der Waals surface area contributed by atoms with E-state index in [0.29, 0.717) is 11.5 Å². The molecule has 21 heavy (non-hydrogen) atoms. The molecule has 3 heterocycles. The Hall–Kier alpha value is -1.56. The lowest BCUT2D eigenvalue weighted by Crippen LogP contribution is -2.45. The number of nitrogens with two attached hydrogens (primary N) is 2. The maximum absolute atomic E-state index is 10.1. The molecule has 0 bridgehead atoms. The normalized spacial score (nSPS) is 38.3. The standard InChI is InChI=1S/C11H18N6O4/c12-2-11(13)8-9(14-3-16-11)17(4-15-8)10-7(20)6(19)5(1-18)21-10/h3-7,10,18-20H,1-2,12-13H2,(H,14,16)/t5-,6-,7-,10-,11?/m1/s1. The van der Waals surface area contributed by atoms with Crippen molar-refractivity contribution in [1.82, 2.24) is 9.55 Å². The summed E-state index contributed by atoms with van der Waals surface area (Å²) in [5, 5.41) is 31.9. The average molecular weight is 298 g/mol. The number of imidazole rings is 1. The summed E-state index contributed by atoms with van der Waals surface area (Å²) in [5.41, 5.74) is 11.0. The monoisotopic (exact) mass is 298 g/mol. The lowest BCUT2D eigenvalue weighted by atomic mass is 10.1. The second-order valence-corrected chi connectivity index (χ2v) is 5.11. The van der Waals surface area contributed by atoms with E-state index in [1.54, 1.807) is 0 Å². The summed E-state index contributed by atoms with van der Waals surface area (Å²) in [4.78, 5) is 8.26. The van der Waals surface area contributed by atoms with Crippen LogP contribution in [0.15, 0.2) is 11.3 Å². The highest BCUT2D eigenvalue weighted by atomic mass is 16.6. The van der Waals surface area contributed by atoms with Crippen LogP contribution in [-0.2, 0) is 10.4 Å². The molecular weight excluding hydrogens is 280 g/mol. The molecule has 0 aliphatic carbocycles. The topological polar surface area (TPSA) is 164 Å². The zero-order valence-electron chi connectivity index (χ0n) is 11.1. The molecule has 1 aromatic heterocycles. The van der Waals surface area contributed by atoms with Crippen LogP contribution in [-0.4, -0.2) is 62.7 Å². The number of hydrogen-bond acceptors (Lipinski definition) is 9. The molecule has 1 fully saturated rings. The second-order valence-electron chi connectivity index (χ2n) is 5.11. The molecule has 1 aromatic rings. The number of ether oxygens (including phenoxy) is 1. The molecule has 3 rings (SSSR count). The van der Waals surface area contributed by atoms with Crippen LogP contribution in [0, 0.1) is 0 Å². The highest BCUT2D eigenvalue weighted by Crippen LogP contribution is 2.36. The van der Waals surface area contributed by atoms with Crippen molar-refractivity contribution in [3.63, 3.8) is 0 Å². The SMILES string of the molecule is NCC1(N)N=CNc2c1ncn2[C@@H]1O[C@H](CO)[C@@H](O)[C@H]1O. The predicted octanol–water partition coefficient (Wildman–Crippen LogP) is -2.98. The van der Waals surface area contributed by atoms with Gasteiger partial charge in [0.2, 0.25) is 0 Å². The van der Waals surface area contributed by atoms with E-state index in [1.807, 2.05) is 0 Å². The molecule has 1 unspecified atom stereocenters. The van der Waals surface area contributed by atoms with Gasteiger partial charge >= 0.3 is 0 Å². The van der Waals surface area contributed by atoms with Crippen molar-refractivity contribution in [3.8, 4) is 0 Å². The fourth-order valence-electron chi connectivity index (χ4n) is 2.54. The molecule has 1 saturated heterocycles. The van der Waals surface area contributed by atoms with E-state index in [1.165, 1.54) is 17.2 Å². The molecule has 0 spiro atoms. The van der Waals surface area contributed by atoms with Crippen molar-refractivity contribution in [3.05, 3.63) is 12.0 Å². The minimum absolute atomic E-state index is 0.0607. The van der Waals surface area contributed by atoms with Gasteiger partial charge in [-0.2, -0.15) is 0 Å². The van der Waals surface area contributed by atoms with Gasteiger partial charge in [-0.05, 0) is 0 Å². The van der Waals surface area contributed by atoms with Crippen LogP contribution in [0.2, 0.25) is 0 Å². The Kier molecular flexibility index (Phi) is 3.43. The van der Waals surface area contributed by atoms with Gasteiger partial charge in [0, 0.05) is 6.54 Å². The van der Waals surface area contributed by atoms with Crippen LogP contribution in [0.3, 0.4) is 0 Å². The van der Waals surface area contributed by atoms with Crippen LogP contribution in [0.25, 0.3) is 0 Å². The predicted molar refractivity (Wildman–Crippen MR) is 72.3 cm³/mol. The third-order valence-electron chi connectivity index (χ3n) is 3.80. The molecule has 8 N–H and O–H groups in total. The Morgan fingerprint density at radius 2 is 2.19 bits per heavy atom. The van der Waals surface area contributed by atoms with Gasteiger partial charge < -0.3 is 36.8 Å². The molecule has 0 radical (unpaired) electrons. The number of aliphatic hydroxyl groups is 3. The van der Waals surface area contributed by atoms with E-state index in [2.05, 4.69) is 15.3 Å². The van der Waals surface area contributed by atoms with Crippen LogP contribution >= 0.6 is 0 Å². The van der Waals surface area contributed by atoms with Crippen molar-refractivity contribution < 1.29 is 20.1 Å². The van der Waals surface area contributed by atoms with E-state index >= 15 is 0 Å². The van der Waals surface area contributed by atoms with Crippen molar-refractivity contribution in [1.29, 1.82) is 0 Å². The van der Waals surface area contributed by atoms with Gasteiger partial charge in [-0.3, -0.25) is 4.57 Å². The van der Waals surface area contributed by atoms with Gasteiger partial charge in [0.1, 0.15) is 29.8 Å². The quantitative estimate of drug-likeness (QED) is 0.344. The Balaban J connectivity index is 1.96. The number of aliphatic hydroxyl groups excluding tert-OH is 3. The van der Waals surface area contributed by atoms with Crippen LogP contribution in [0.5, 0.6) is 0 Å². The van der Waals surface area contributed by atoms with Crippen LogP contribution in [0.1, 0.15) is 11.9 Å². The molecule has 5 atom stereocenters. The molecule has 0 saturated carbocycles. The first-order valence-corrected chi connectivity index (χ1v) is 6.51. The molecule has 0 amide bonds. The highest BCUT2D eigenvalue weighted by Gasteiger charge is 2.45. The fraction of sp³-hybridized carbons (Fsp3) is 0.636. The maximum atomic E-state index is 10.1.